The number of hydrogen-bond donors (Lipinski definition) is 0. The molecule has 0 N–H and O–H groups in total. The van der Waals surface area contributed by atoms with Crippen LogP contribution in [0, 0.1) is 0 Å². The number of benzene rings is 1. The van der Waals surface area contributed by atoms with E-state index >= 15 is 0 Å². The van der Waals surface area contributed by atoms with Crippen molar-refractivity contribution >= 4 is 23.6 Å². The summed E-state index contributed by atoms with van der Waals surface area (Å²) in [6, 6.07) is 6.67. The molecule has 0 saturated carbocycles. The molecule has 1 aliphatic heterocycles. The molecule has 0 aromatic heterocycles. The number of hydrogen-bond acceptors (Lipinski definition) is 3. The molecule has 5 nitrogen and oxygen atoms in total. The Hall–Kier alpha value is -1.75. The minimum Gasteiger partial charge on any atom is -0.444 e. The van der Waals surface area contributed by atoms with E-state index in [0.29, 0.717) is 23.7 Å². The van der Waals surface area contributed by atoms with Gasteiger partial charge in [0.2, 0.25) is 0 Å². The molecule has 0 bridgehead atoms. The van der Waals surface area contributed by atoms with Crippen LogP contribution in [0.25, 0.3) is 0 Å². The van der Waals surface area contributed by atoms with Crippen LogP contribution in [0.15, 0.2) is 24.3 Å². The number of nitrogens with zero attached hydrogens (tertiary/aromatic N) is 2. The van der Waals surface area contributed by atoms with Gasteiger partial charge in [0, 0.05) is 35.8 Å². The first kappa shape index (κ1) is 18.6. The van der Waals surface area contributed by atoms with Gasteiger partial charge in [0.25, 0.3) is 5.91 Å². The summed E-state index contributed by atoms with van der Waals surface area (Å²) in [4.78, 5) is 28.6. The summed E-state index contributed by atoms with van der Waals surface area (Å²) in [5.74, 6) is -0.0464. The third-order valence-corrected chi connectivity index (χ3v) is 4.22. The van der Waals surface area contributed by atoms with Crippen molar-refractivity contribution in [3.8, 4) is 0 Å². The van der Waals surface area contributed by atoms with Crippen LogP contribution in [0.4, 0.5) is 4.79 Å². The maximum atomic E-state index is 12.7. The number of carbonyl (C=O) groups is 2. The first-order chi connectivity index (χ1) is 11.1. The van der Waals surface area contributed by atoms with Crippen molar-refractivity contribution in [2.24, 2.45) is 0 Å². The van der Waals surface area contributed by atoms with Gasteiger partial charge in [0.05, 0.1) is 0 Å². The number of halogens is 1. The Morgan fingerprint density at radius 3 is 2.08 bits per heavy atom. The summed E-state index contributed by atoms with van der Waals surface area (Å²) in [5.41, 5.74) is 0.0696. The highest BCUT2D eigenvalue weighted by Crippen LogP contribution is 2.21. The largest absolute Gasteiger partial charge is 0.444 e. The first-order valence-electron chi connectivity index (χ1n) is 8.14. The molecule has 2 rings (SSSR count). The van der Waals surface area contributed by atoms with E-state index in [-0.39, 0.29) is 24.1 Å². The Labute approximate surface area is 148 Å². The van der Waals surface area contributed by atoms with Crippen molar-refractivity contribution in [1.29, 1.82) is 0 Å². The molecule has 132 valence electrons. The van der Waals surface area contributed by atoms with Crippen molar-refractivity contribution in [3.63, 3.8) is 0 Å². The van der Waals surface area contributed by atoms with E-state index in [1.807, 2.05) is 34.6 Å². The third-order valence-electron chi connectivity index (χ3n) is 3.97. The zero-order chi connectivity index (χ0) is 18.1. The summed E-state index contributed by atoms with van der Waals surface area (Å²) in [5, 5.41) is 0.600. The van der Waals surface area contributed by atoms with Crippen LogP contribution in [0.3, 0.4) is 0 Å². The highest BCUT2D eigenvalue weighted by atomic mass is 35.5. The standard InChI is InChI=1S/C18H25ClN2O3/c1-12-11-21(17(23)24-18(3,4)5)13(2)10-20(12)16(22)14-6-8-15(19)9-7-14/h6-9,12-13H,10-11H2,1-5H3/t12-,13+/m1/s1. The summed E-state index contributed by atoms with van der Waals surface area (Å²) in [6.45, 7) is 10.3. The van der Waals surface area contributed by atoms with Crippen LogP contribution in [-0.4, -0.2) is 52.6 Å². The lowest BCUT2D eigenvalue weighted by Crippen LogP contribution is -2.60. The second-order valence-corrected chi connectivity index (χ2v) is 7.73. The lowest BCUT2D eigenvalue weighted by atomic mass is 10.1. The van der Waals surface area contributed by atoms with Crippen LogP contribution in [0.1, 0.15) is 45.0 Å². The fourth-order valence-electron chi connectivity index (χ4n) is 2.74. The van der Waals surface area contributed by atoms with Gasteiger partial charge < -0.3 is 14.5 Å². The van der Waals surface area contributed by atoms with Gasteiger partial charge in [-0.15, -0.1) is 0 Å². The van der Waals surface area contributed by atoms with Gasteiger partial charge in [-0.3, -0.25) is 4.79 Å². The van der Waals surface area contributed by atoms with E-state index in [1.165, 1.54) is 0 Å². The average molecular weight is 353 g/mol. The molecular formula is C18H25ClN2O3. The molecule has 1 saturated heterocycles. The van der Waals surface area contributed by atoms with Crippen LogP contribution in [-0.2, 0) is 4.74 Å². The quantitative estimate of drug-likeness (QED) is 0.772. The minimum atomic E-state index is -0.531. The molecule has 0 radical (unpaired) electrons. The highest BCUT2D eigenvalue weighted by Gasteiger charge is 2.36. The number of amides is 2. The summed E-state index contributed by atoms with van der Waals surface area (Å²) < 4.78 is 5.46. The predicted molar refractivity (Wildman–Crippen MR) is 94.4 cm³/mol. The Kier molecular flexibility index (Phi) is 5.43. The van der Waals surface area contributed by atoms with E-state index in [4.69, 9.17) is 16.3 Å². The summed E-state index contributed by atoms with van der Waals surface area (Å²) >= 11 is 5.88. The third kappa shape index (κ3) is 4.41. The average Bonchev–Trinajstić information content (AvgIpc) is 2.47. The lowest BCUT2D eigenvalue weighted by molar-refractivity contribution is -0.00788. The van der Waals surface area contributed by atoms with Gasteiger partial charge in [-0.2, -0.15) is 0 Å². The molecule has 2 amide bonds. The molecule has 6 heteroatoms. The fourth-order valence-corrected chi connectivity index (χ4v) is 2.87. The monoisotopic (exact) mass is 352 g/mol. The summed E-state index contributed by atoms with van der Waals surface area (Å²) in [7, 11) is 0. The van der Waals surface area contributed by atoms with E-state index in [9.17, 15) is 9.59 Å². The van der Waals surface area contributed by atoms with Gasteiger partial charge in [-0.05, 0) is 58.9 Å². The Morgan fingerprint density at radius 2 is 1.54 bits per heavy atom. The van der Waals surface area contributed by atoms with Gasteiger partial charge in [0.15, 0.2) is 0 Å². The molecule has 2 atom stereocenters. The molecule has 0 unspecified atom stereocenters. The zero-order valence-electron chi connectivity index (χ0n) is 14.9. The number of rotatable bonds is 1. The SMILES string of the molecule is C[C@@H]1CN(C(=O)OC(C)(C)C)[C@@H](C)CN1C(=O)c1ccc(Cl)cc1. The van der Waals surface area contributed by atoms with E-state index < -0.39 is 5.60 Å². The molecule has 1 aromatic carbocycles. The second kappa shape index (κ2) is 7.01. The molecule has 1 heterocycles. The van der Waals surface area contributed by atoms with Crippen LogP contribution in [0.5, 0.6) is 0 Å². The molecule has 1 fully saturated rings. The van der Waals surface area contributed by atoms with Gasteiger partial charge in [-0.25, -0.2) is 4.79 Å². The van der Waals surface area contributed by atoms with Crippen molar-refractivity contribution in [2.75, 3.05) is 13.1 Å². The van der Waals surface area contributed by atoms with Crippen LogP contribution >= 0.6 is 11.6 Å². The van der Waals surface area contributed by atoms with E-state index in [0.717, 1.165) is 0 Å². The smallest absolute Gasteiger partial charge is 0.410 e. The maximum absolute atomic E-state index is 12.7. The van der Waals surface area contributed by atoms with Crippen molar-refractivity contribution in [1.82, 2.24) is 9.80 Å². The zero-order valence-corrected chi connectivity index (χ0v) is 15.6. The molecular weight excluding hydrogens is 328 g/mol. The molecule has 0 aliphatic carbocycles. The number of ether oxygens (including phenoxy) is 1. The molecule has 0 spiro atoms. The van der Waals surface area contributed by atoms with Crippen LogP contribution < -0.4 is 0 Å². The van der Waals surface area contributed by atoms with E-state index in [1.54, 1.807) is 34.1 Å². The fraction of sp³-hybridized carbons (Fsp3) is 0.556. The van der Waals surface area contributed by atoms with Crippen molar-refractivity contribution < 1.29 is 14.3 Å². The van der Waals surface area contributed by atoms with Gasteiger partial charge in [0.1, 0.15) is 5.60 Å². The highest BCUT2D eigenvalue weighted by molar-refractivity contribution is 6.30. The Balaban J connectivity index is 2.08. The number of carbonyl (C=O) groups excluding carboxylic acids is 2. The number of piperazine rings is 1. The van der Waals surface area contributed by atoms with Gasteiger partial charge in [-0.1, -0.05) is 11.6 Å². The molecule has 1 aliphatic rings. The van der Waals surface area contributed by atoms with Crippen LogP contribution in [0.2, 0.25) is 5.02 Å². The normalized spacial score (nSPS) is 21.6. The first-order valence-corrected chi connectivity index (χ1v) is 8.52. The van der Waals surface area contributed by atoms with Crippen molar-refractivity contribution in [3.05, 3.63) is 34.9 Å². The Morgan fingerprint density at radius 1 is 1.04 bits per heavy atom. The molecule has 1 aromatic rings. The second-order valence-electron chi connectivity index (χ2n) is 7.30. The predicted octanol–water partition coefficient (Wildman–Crippen LogP) is 3.81. The maximum Gasteiger partial charge on any atom is 0.410 e. The lowest BCUT2D eigenvalue weighted by Gasteiger charge is -2.44. The summed E-state index contributed by atoms with van der Waals surface area (Å²) in [6.07, 6.45) is -0.333. The topological polar surface area (TPSA) is 49.9 Å². The van der Waals surface area contributed by atoms with Gasteiger partial charge >= 0.3 is 6.09 Å². The molecule has 24 heavy (non-hydrogen) atoms. The van der Waals surface area contributed by atoms with E-state index in [2.05, 4.69) is 0 Å². The Bertz CT molecular complexity index is 610. The minimum absolute atomic E-state index is 0.0464. The van der Waals surface area contributed by atoms with Crippen molar-refractivity contribution in [2.45, 2.75) is 52.3 Å².